The SMILES string of the molecule is CC(C)C1OC(C(C)C)C(C(C)C)OC1C. The summed E-state index contributed by atoms with van der Waals surface area (Å²) < 4.78 is 12.4. The van der Waals surface area contributed by atoms with Crippen LogP contribution in [0.3, 0.4) is 0 Å². The van der Waals surface area contributed by atoms with E-state index < -0.39 is 0 Å². The first kappa shape index (κ1) is 14.0. The van der Waals surface area contributed by atoms with E-state index in [2.05, 4.69) is 48.5 Å². The maximum Gasteiger partial charge on any atom is 0.0867 e. The van der Waals surface area contributed by atoms with Crippen LogP contribution in [0.4, 0.5) is 0 Å². The summed E-state index contributed by atoms with van der Waals surface area (Å²) in [7, 11) is 0. The first-order valence-electron chi connectivity index (χ1n) is 6.65. The lowest BCUT2D eigenvalue weighted by molar-refractivity contribution is -0.246. The van der Waals surface area contributed by atoms with Gasteiger partial charge in [0.15, 0.2) is 0 Å². The predicted molar refractivity (Wildman–Crippen MR) is 67.5 cm³/mol. The fourth-order valence-corrected chi connectivity index (χ4v) is 2.54. The third-order valence-corrected chi connectivity index (χ3v) is 3.44. The lowest BCUT2D eigenvalue weighted by Crippen LogP contribution is -2.53. The highest BCUT2D eigenvalue weighted by atomic mass is 16.6. The maximum atomic E-state index is 6.27. The topological polar surface area (TPSA) is 18.5 Å². The maximum absolute atomic E-state index is 6.27. The van der Waals surface area contributed by atoms with Crippen LogP contribution < -0.4 is 0 Å². The molecule has 1 aliphatic heterocycles. The standard InChI is InChI=1S/C14H28O2/c1-8(2)12-11(7)15-13(9(3)4)14(16-12)10(5)6/h8-14H,1-7H3. The van der Waals surface area contributed by atoms with Crippen LogP contribution in [0.1, 0.15) is 48.5 Å². The number of hydrogen-bond acceptors (Lipinski definition) is 2. The molecule has 0 N–H and O–H groups in total. The lowest BCUT2D eigenvalue weighted by Gasteiger charge is -2.45. The molecule has 1 rings (SSSR count). The van der Waals surface area contributed by atoms with Crippen molar-refractivity contribution in [3.05, 3.63) is 0 Å². The molecule has 0 aromatic rings. The zero-order chi connectivity index (χ0) is 12.5. The Kier molecular flexibility index (Phi) is 4.81. The second-order valence-corrected chi connectivity index (χ2v) is 6.10. The van der Waals surface area contributed by atoms with Crippen LogP contribution in [0.25, 0.3) is 0 Å². The Morgan fingerprint density at radius 3 is 1.38 bits per heavy atom. The van der Waals surface area contributed by atoms with Crippen molar-refractivity contribution in [2.75, 3.05) is 0 Å². The summed E-state index contributed by atoms with van der Waals surface area (Å²) >= 11 is 0. The molecule has 96 valence electrons. The summed E-state index contributed by atoms with van der Waals surface area (Å²) in [6, 6.07) is 0. The van der Waals surface area contributed by atoms with E-state index in [0.717, 1.165) is 0 Å². The summed E-state index contributed by atoms with van der Waals surface area (Å²) in [6.45, 7) is 15.4. The third-order valence-electron chi connectivity index (χ3n) is 3.44. The van der Waals surface area contributed by atoms with Crippen LogP contribution >= 0.6 is 0 Å². The monoisotopic (exact) mass is 228 g/mol. The molecule has 0 spiro atoms. The summed E-state index contributed by atoms with van der Waals surface area (Å²) in [5, 5.41) is 0. The van der Waals surface area contributed by atoms with E-state index in [-0.39, 0.29) is 24.4 Å². The summed E-state index contributed by atoms with van der Waals surface area (Å²) in [4.78, 5) is 0. The van der Waals surface area contributed by atoms with Gasteiger partial charge in [0.25, 0.3) is 0 Å². The highest BCUT2D eigenvalue weighted by molar-refractivity contribution is 4.86. The molecule has 2 nitrogen and oxygen atoms in total. The second-order valence-electron chi connectivity index (χ2n) is 6.10. The zero-order valence-electron chi connectivity index (χ0n) is 11.9. The molecule has 1 aliphatic rings. The Labute approximate surface area is 101 Å². The van der Waals surface area contributed by atoms with E-state index in [4.69, 9.17) is 9.47 Å². The van der Waals surface area contributed by atoms with Crippen LogP contribution in [0.5, 0.6) is 0 Å². The van der Waals surface area contributed by atoms with Gasteiger partial charge in [0.05, 0.1) is 24.4 Å². The third kappa shape index (κ3) is 2.98. The van der Waals surface area contributed by atoms with Gasteiger partial charge in [0.1, 0.15) is 0 Å². The second kappa shape index (κ2) is 5.50. The molecule has 1 saturated heterocycles. The fourth-order valence-electron chi connectivity index (χ4n) is 2.54. The molecule has 0 amide bonds. The van der Waals surface area contributed by atoms with Gasteiger partial charge in [-0.15, -0.1) is 0 Å². The van der Waals surface area contributed by atoms with E-state index in [1.165, 1.54) is 0 Å². The quantitative estimate of drug-likeness (QED) is 0.736. The van der Waals surface area contributed by atoms with Gasteiger partial charge in [0, 0.05) is 0 Å². The Hall–Kier alpha value is -0.0800. The molecular formula is C14H28O2. The first-order valence-corrected chi connectivity index (χ1v) is 6.65. The fraction of sp³-hybridized carbons (Fsp3) is 1.00. The molecule has 0 aliphatic carbocycles. The van der Waals surface area contributed by atoms with Crippen molar-refractivity contribution in [3.63, 3.8) is 0 Å². The van der Waals surface area contributed by atoms with Gasteiger partial charge in [-0.3, -0.25) is 0 Å². The van der Waals surface area contributed by atoms with Crippen molar-refractivity contribution in [2.24, 2.45) is 17.8 Å². The normalized spacial score (nSPS) is 36.4. The van der Waals surface area contributed by atoms with E-state index >= 15 is 0 Å². The molecule has 0 bridgehead atoms. The number of rotatable bonds is 3. The molecule has 2 heteroatoms. The Bertz CT molecular complexity index is 211. The molecule has 0 saturated carbocycles. The van der Waals surface area contributed by atoms with Crippen molar-refractivity contribution in [3.8, 4) is 0 Å². The molecule has 1 fully saturated rings. The van der Waals surface area contributed by atoms with E-state index in [9.17, 15) is 0 Å². The van der Waals surface area contributed by atoms with Crippen LogP contribution in [0.2, 0.25) is 0 Å². The van der Waals surface area contributed by atoms with Gasteiger partial charge in [-0.2, -0.15) is 0 Å². The molecule has 4 atom stereocenters. The minimum Gasteiger partial charge on any atom is -0.370 e. The minimum absolute atomic E-state index is 0.211. The molecule has 16 heavy (non-hydrogen) atoms. The van der Waals surface area contributed by atoms with Crippen molar-refractivity contribution in [1.29, 1.82) is 0 Å². The van der Waals surface area contributed by atoms with Gasteiger partial charge in [-0.05, 0) is 24.7 Å². The van der Waals surface area contributed by atoms with E-state index in [0.29, 0.717) is 17.8 Å². The van der Waals surface area contributed by atoms with Crippen LogP contribution in [-0.2, 0) is 9.47 Å². The van der Waals surface area contributed by atoms with Crippen molar-refractivity contribution in [1.82, 2.24) is 0 Å². The van der Waals surface area contributed by atoms with Crippen LogP contribution in [0, 0.1) is 17.8 Å². The summed E-state index contributed by atoms with van der Waals surface area (Å²) in [6.07, 6.45) is 0.929. The highest BCUT2D eigenvalue weighted by Crippen LogP contribution is 2.32. The molecule has 0 aromatic carbocycles. The summed E-state index contributed by atoms with van der Waals surface area (Å²) in [5.41, 5.74) is 0. The number of ether oxygens (including phenoxy) is 2. The average molecular weight is 228 g/mol. The Morgan fingerprint density at radius 1 is 0.625 bits per heavy atom. The van der Waals surface area contributed by atoms with Gasteiger partial charge < -0.3 is 9.47 Å². The van der Waals surface area contributed by atoms with Crippen molar-refractivity contribution < 1.29 is 9.47 Å². The average Bonchev–Trinajstić information content (AvgIpc) is 2.15. The predicted octanol–water partition coefficient (Wildman–Crippen LogP) is 3.50. The minimum atomic E-state index is 0.211. The van der Waals surface area contributed by atoms with E-state index in [1.807, 2.05) is 0 Å². The van der Waals surface area contributed by atoms with Gasteiger partial charge in [-0.25, -0.2) is 0 Å². The molecule has 1 heterocycles. The van der Waals surface area contributed by atoms with Crippen LogP contribution in [-0.4, -0.2) is 24.4 Å². The number of hydrogen-bond donors (Lipinski definition) is 0. The van der Waals surface area contributed by atoms with Gasteiger partial charge >= 0.3 is 0 Å². The molecule has 0 aromatic heterocycles. The van der Waals surface area contributed by atoms with Gasteiger partial charge in [0.2, 0.25) is 0 Å². The molecular weight excluding hydrogens is 200 g/mol. The highest BCUT2D eigenvalue weighted by Gasteiger charge is 2.40. The summed E-state index contributed by atoms with van der Waals surface area (Å²) in [5.74, 6) is 1.55. The van der Waals surface area contributed by atoms with Crippen molar-refractivity contribution >= 4 is 0 Å². The first-order chi connectivity index (χ1) is 7.34. The largest absolute Gasteiger partial charge is 0.370 e. The zero-order valence-corrected chi connectivity index (χ0v) is 11.9. The lowest BCUT2D eigenvalue weighted by atomic mass is 9.90. The van der Waals surface area contributed by atoms with Gasteiger partial charge in [-0.1, -0.05) is 41.5 Å². The van der Waals surface area contributed by atoms with Crippen LogP contribution in [0.15, 0.2) is 0 Å². The van der Waals surface area contributed by atoms with E-state index in [1.54, 1.807) is 0 Å². The smallest absolute Gasteiger partial charge is 0.0867 e. The molecule has 4 unspecified atom stereocenters. The molecule has 0 radical (unpaired) electrons. The Balaban J connectivity index is 2.78. The Morgan fingerprint density at radius 2 is 1.00 bits per heavy atom. The van der Waals surface area contributed by atoms with Crippen molar-refractivity contribution in [2.45, 2.75) is 72.9 Å².